The van der Waals surface area contributed by atoms with E-state index in [0.29, 0.717) is 5.92 Å². The first-order chi connectivity index (χ1) is 10.6. The number of nitrogens with one attached hydrogen (secondary N) is 1. The number of hydrogen-bond acceptors (Lipinski definition) is 3. The zero-order valence-corrected chi connectivity index (χ0v) is 13.1. The van der Waals surface area contributed by atoms with Gasteiger partial charge >= 0.3 is 0 Å². The SMILES string of the molecule is C[C@H](NC(=O)c1ccco1)C(=O)N1CC[C@@H]2CCCC[C@@H]2C1. The molecule has 2 amide bonds. The van der Waals surface area contributed by atoms with E-state index >= 15 is 0 Å². The van der Waals surface area contributed by atoms with E-state index in [9.17, 15) is 9.59 Å². The fourth-order valence-corrected chi connectivity index (χ4v) is 3.81. The number of amides is 2. The minimum atomic E-state index is -0.516. The summed E-state index contributed by atoms with van der Waals surface area (Å²) in [6, 6.07) is 2.74. The van der Waals surface area contributed by atoms with Gasteiger partial charge in [0.2, 0.25) is 5.91 Å². The maximum absolute atomic E-state index is 12.6. The zero-order chi connectivity index (χ0) is 15.5. The molecule has 1 aliphatic carbocycles. The maximum atomic E-state index is 12.6. The Labute approximate surface area is 131 Å². The average molecular weight is 304 g/mol. The molecule has 1 saturated heterocycles. The van der Waals surface area contributed by atoms with E-state index in [2.05, 4.69) is 5.32 Å². The van der Waals surface area contributed by atoms with Gasteiger partial charge in [-0.15, -0.1) is 0 Å². The lowest BCUT2D eigenvalue weighted by Gasteiger charge is -2.42. The molecule has 1 aliphatic heterocycles. The van der Waals surface area contributed by atoms with Crippen LogP contribution in [0.1, 0.15) is 49.6 Å². The summed E-state index contributed by atoms with van der Waals surface area (Å²) in [5.74, 6) is 1.37. The van der Waals surface area contributed by atoms with Crippen LogP contribution in [0.15, 0.2) is 22.8 Å². The van der Waals surface area contributed by atoms with Gasteiger partial charge < -0.3 is 14.6 Å². The van der Waals surface area contributed by atoms with Crippen LogP contribution < -0.4 is 5.32 Å². The van der Waals surface area contributed by atoms with Gasteiger partial charge in [-0.25, -0.2) is 0 Å². The molecule has 2 aliphatic rings. The Morgan fingerprint density at radius 3 is 2.77 bits per heavy atom. The molecule has 22 heavy (non-hydrogen) atoms. The van der Waals surface area contributed by atoms with Gasteiger partial charge in [0.05, 0.1) is 6.26 Å². The van der Waals surface area contributed by atoms with Crippen molar-refractivity contribution in [2.24, 2.45) is 11.8 Å². The number of fused-ring (bicyclic) bond motifs is 1. The van der Waals surface area contributed by atoms with Crippen LogP contribution in [0.4, 0.5) is 0 Å². The third-order valence-electron chi connectivity index (χ3n) is 5.07. The highest BCUT2D eigenvalue weighted by Crippen LogP contribution is 2.36. The van der Waals surface area contributed by atoms with Crippen molar-refractivity contribution < 1.29 is 14.0 Å². The molecule has 0 spiro atoms. The zero-order valence-electron chi connectivity index (χ0n) is 13.1. The molecule has 5 nitrogen and oxygen atoms in total. The van der Waals surface area contributed by atoms with E-state index in [4.69, 9.17) is 4.42 Å². The molecule has 0 radical (unpaired) electrons. The lowest BCUT2D eigenvalue weighted by Crippen LogP contribution is -2.52. The van der Waals surface area contributed by atoms with Gasteiger partial charge in [0.25, 0.3) is 5.91 Å². The van der Waals surface area contributed by atoms with E-state index < -0.39 is 6.04 Å². The molecule has 0 unspecified atom stereocenters. The molecule has 3 rings (SSSR count). The lowest BCUT2D eigenvalue weighted by atomic mass is 9.75. The van der Waals surface area contributed by atoms with Crippen LogP contribution in [-0.4, -0.2) is 35.8 Å². The highest BCUT2D eigenvalue weighted by atomic mass is 16.3. The molecule has 1 aromatic rings. The molecule has 3 atom stereocenters. The Morgan fingerprint density at radius 1 is 1.27 bits per heavy atom. The Balaban J connectivity index is 1.55. The summed E-state index contributed by atoms with van der Waals surface area (Å²) < 4.78 is 5.06. The van der Waals surface area contributed by atoms with E-state index in [1.165, 1.54) is 31.9 Å². The van der Waals surface area contributed by atoms with Crippen LogP contribution in [0.5, 0.6) is 0 Å². The Kier molecular flexibility index (Phi) is 4.50. The molecule has 2 fully saturated rings. The summed E-state index contributed by atoms with van der Waals surface area (Å²) in [5.41, 5.74) is 0. The molecule has 1 aromatic heterocycles. The lowest BCUT2D eigenvalue weighted by molar-refractivity contribution is -0.135. The molecule has 1 saturated carbocycles. The van der Waals surface area contributed by atoms with Gasteiger partial charge in [-0.2, -0.15) is 0 Å². The topological polar surface area (TPSA) is 62.6 Å². The highest BCUT2D eigenvalue weighted by Gasteiger charge is 2.34. The number of nitrogens with zero attached hydrogens (tertiary/aromatic N) is 1. The van der Waals surface area contributed by atoms with E-state index in [1.54, 1.807) is 19.1 Å². The normalized spacial score (nSPS) is 26.1. The van der Waals surface area contributed by atoms with Crippen molar-refractivity contribution >= 4 is 11.8 Å². The van der Waals surface area contributed by atoms with Crippen LogP contribution in [0, 0.1) is 11.8 Å². The van der Waals surface area contributed by atoms with Crippen molar-refractivity contribution in [1.29, 1.82) is 0 Å². The van der Waals surface area contributed by atoms with E-state index in [1.807, 2.05) is 4.90 Å². The van der Waals surface area contributed by atoms with Crippen molar-refractivity contribution in [2.45, 2.75) is 45.1 Å². The van der Waals surface area contributed by atoms with Crippen molar-refractivity contribution in [3.63, 3.8) is 0 Å². The quantitative estimate of drug-likeness (QED) is 0.933. The van der Waals surface area contributed by atoms with Gasteiger partial charge in [-0.1, -0.05) is 19.3 Å². The fourth-order valence-electron chi connectivity index (χ4n) is 3.81. The van der Waals surface area contributed by atoms with Crippen LogP contribution in [0.25, 0.3) is 0 Å². The van der Waals surface area contributed by atoms with Crippen LogP contribution >= 0.6 is 0 Å². The van der Waals surface area contributed by atoms with Gasteiger partial charge in [0.1, 0.15) is 6.04 Å². The predicted octanol–water partition coefficient (Wildman–Crippen LogP) is 2.44. The standard InChI is InChI=1S/C17H24N2O3/c1-12(18-16(20)15-7-4-10-22-15)17(21)19-9-8-13-5-2-3-6-14(13)11-19/h4,7,10,12-14H,2-3,5-6,8-9,11H2,1H3,(H,18,20)/t12-,13-,14+/m0/s1. The van der Waals surface area contributed by atoms with Crippen molar-refractivity contribution in [3.8, 4) is 0 Å². The largest absolute Gasteiger partial charge is 0.459 e. The maximum Gasteiger partial charge on any atom is 0.287 e. The second-order valence-corrected chi connectivity index (χ2v) is 6.55. The Hall–Kier alpha value is -1.78. The molecule has 0 bridgehead atoms. The van der Waals surface area contributed by atoms with Gasteiger partial charge in [0, 0.05) is 13.1 Å². The third-order valence-corrected chi connectivity index (χ3v) is 5.07. The number of hydrogen-bond donors (Lipinski definition) is 1. The molecular weight excluding hydrogens is 280 g/mol. The number of carbonyl (C=O) groups is 2. The van der Waals surface area contributed by atoms with Crippen molar-refractivity contribution in [2.75, 3.05) is 13.1 Å². The summed E-state index contributed by atoms with van der Waals surface area (Å²) in [7, 11) is 0. The van der Waals surface area contributed by atoms with Crippen LogP contribution in [0.3, 0.4) is 0 Å². The summed E-state index contributed by atoms with van der Waals surface area (Å²) in [6.07, 6.45) is 7.74. The Bertz CT molecular complexity index is 526. The Morgan fingerprint density at radius 2 is 2.05 bits per heavy atom. The van der Waals surface area contributed by atoms with Gasteiger partial charge in [0.15, 0.2) is 5.76 Å². The second-order valence-electron chi connectivity index (χ2n) is 6.55. The summed E-state index contributed by atoms with van der Waals surface area (Å²) in [5, 5.41) is 2.73. The molecule has 1 N–H and O–H groups in total. The fraction of sp³-hybridized carbons (Fsp3) is 0.647. The molecule has 0 aromatic carbocycles. The molecule has 5 heteroatoms. The first kappa shape index (κ1) is 15.1. The monoisotopic (exact) mass is 304 g/mol. The smallest absolute Gasteiger partial charge is 0.287 e. The average Bonchev–Trinajstić information content (AvgIpc) is 3.08. The van der Waals surface area contributed by atoms with Gasteiger partial charge in [-0.05, 0) is 43.7 Å². The summed E-state index contributed by atoms with van der Waals surface area (Å²) >= 11 is 0. The van der Waals surface area contributed by atoms with Gasteiger partial charge in [-0.3, -0.25) is 9.59 Å². The number of rotatable bonds is 3. The van der Waals surface area contributed by atoms with Crippen LogP contribution in [0.2, 0.25) is 0 Å². The summed E-state index contributed by atoms with van der Waals surface area (Å²) in [4.78, 5) is 26.4. The first-order valence-electron chi connectivity index (χ1n) is 8.28. The minimum Gasteiger partial charge on any atom is -0.459 e. The van der Waals surface area contributed by atoms with E-state index in [-0.39, 0.29) is 17.6 Å². The number of carbonyl (C=O) groups excluding carboxylic acids is 2. The third kappa shape index (κ3) is 3.18. The highest BCUT2D eigenvalue weighted by molar-refractivity contribution is 5.95. The number of furan rings is 1. The second kappa shape index (κ2) is 6.55. The molecule has 120 valence electrons. The predicted molar refractivity (Wildman–Crippen MR) is 82.3 cm³/mol. The van der Waals surface area contributed by atoms with E-state index in [0.717, 1.165) is 25.4 Å². The number of likely N-dealkylation sites (tertiary alicyclic amines) is 1. The molecule has 2 heterocycles. The van der Waals surface area contributed by atoms with Crippen molar-refractivity contribution in [3.05, 3.63) is 24.2 Å². The number of piperidine rings is 1. The summed E-state index contributed by atoms with van der Waals surface area (Å²) in [6.45, 7) is 3.42. The van der Waals surface area contributed by atoms with Crippen LogP contribution in [-0.2, 0) is 4.79 Å². The molecular formula is C17H24N2O3. The first-order valence-corrected chi connectivity index (χ1v) is 8.28. The van der Waals surface area contributed by atoms with Crippen molar-refractivity contribution in [1.82, 2.24) is 10.2 Å². The minimum absolute atomic E-state index is 0.0175.